The van der Waals surface area contributed by atoms with Crippen LogP contribution in [-0.4, -0.2) is 43.8 Å². The summed E-state index contributed by atoms with van der Waals surface area (Å²) in [4.78, 5) is 28.7. The summed E-state index contributed by atoms with van der Waals surface area (Å²) in [6.45, 7) is 10.5. The van der Waals surface area contributed by atoms with E-state index in [1.165, 1.54) is 29.2 Å². The first-order valence-electron chi connectivity index (χ1n) is 13.3. The summed E-state index contributed by atoms with van der Waals surface area (Å²) < 4.78 is 42.7. The van der Waals surface area contributed by atoms with E-state index < -0.39 is 34.3 Å². The number of amides is 2. The summed E-state index contributed by atoms with van der Waals surface area (Å²) in [5.41, 5.74) is 3.54. The molecule has 7 nitrogen and oxygen atoms in total. The molecule has 0 fully saturated rings. The van der Waals surface area contributed by atoms with Gasteiger partial charge in [-0.25, -0.2) is 12.8 Å². The number of anilines is 1. The number of halogens is 1. The molecule has 3 aromatic rings. The van der Waals surface area contributed by atoms with Gasteiger partial charge in [-0.2, -0.15) is 0 Å². The lowest BCUT2D eigenvalue weighted by molar-refractivity contribution is -0.140. The van der Waals surface area contributed by atoms with E-state index in [4.69, 9.17) is 0 Å². The Kier molecular flexibility index (Phi) is 10.1. The van der Waals surface area contributed by atoms with Gasteiger partial charge in [0.25, 0.3) is 10.0 Å². The summed E-state index contributed by atoms with van der Waals surface area (Å²) in [6, 6.07) is 16.5. The number of nitrogens with zero attached hydrogens (tertiary/aromatic N) is 2. The van der Waals surface area contributed by atoms with Crippen molar-refractivity contribution in [1.82, 2.24) is 10.2 Å². The van der Waals surface area contributed by atoms with Gasteiger partial charge in [0, 0.05) is 12.6 Å². The van der Waals surface area contributed by atoms with Crippen molar-refractivity contribution in [2.24, 2.45) is 0 Å². The predicted molar refractivity (Wildman–Crippen MR) is 156 cm³/mol. The number of benzene rings is 3. The van der Waals surface area contributed by atoms with Crippen molar-refractivity contribution in [3.8, 4) is 0 Å². The molecule has 0 aliphatic heterocycles. The molecule has 0 aliphatic carbocycles. The Bertz CT molecular complexity index is 1440. The second-order valence-corrected chi connectivity index (χ2v) is 12.2. The largest absolute Gasteiger partial charge is 0.352 e. The monoisotopic (exact) mass is 567 g/mol. The summed E-state index contributed by atoms with van der Waals surface area (Å²) >= 11 is 0. The summed E-state index contributed by atoms with van der Waals surface area (Å²) in [5.74, 6) is -1.31. The molecule has 0 unspecified atom stereocenters. The number of carbonyl (C=O) groups excluding carboxylic acids is 2. The summed E-state index contributed by atoms with van der Waals surface area (Å²) in [6.07, 6.45) is 0.305. The quantitative estimate of drug-likeness (QED) is 0.342. The van der Waals surface area contributed by atoms with Gasteiger partial charge < -0.3 is 10.2 Å². The van der Waals surface area contributed by atoms with Crippen molar-refractivity contribution in [3.63, 3.8) is 0 Å². The second kappa shape index (κ2) is 13.1. The fourth-order valence-electron chi connectivity index (χ4n) is 4.52. The van der Waals surface area contributed by atoms with Crippen LogP contribution in [-0.2, 0) is 26.2 Å². The molecule has 0 radical (unpaired) electrons. The Morgan fingerprint density at radius 2 is 1.50 bits per heavy atom. The van der Waals surface area contributed by atoms with Crippen LogP contribution >= 0.6 is 0 Å². The predicted octanol–water partition coefficient (Wildman–Crippen LogP) is 5.28. The minimum absolute atomic E-state index is 0.00837. The zero-order chi connectivity index (χ0) is 29.6. The zero-order valence-electron chi connectivity index (χ0n) is 23.9. The highest BCUT2D eigenvalue weighted by molar-refractivity contribution is 7.92. The lowest BCUT2D eigenvalue weighted by Crippen LogP contribution is -2.53. The number of hydrogen-bond acceptors (Lipinski definition) is 4. The third kappa shape index (κ3) is 7.47. The molecule has 0 saturated heterocycles. The Morgan fingerprint density at radius 3 is 2.05 bits per heavy atom. The van der Waals surface area contributed by atoms with Crippen LogP contribution in [0.4, 0.5) is 10.1 Å². The maximum Gasteiger partial charge on any atom is 0.264 e. The van der Waals surface area contributed by atoms with Gasteiger partial charge in [-0.1, -0.05) is 54.4 Å². The third-order valence-corrected chi connectivity index (χ3v) is 8.37. The molecule has 1 atom stereocenters. The molecule has 3 rings (SSSR count). The van der Waals surface area contributed by atoms with E-state index in [2.05, 4.69) is 5.32 Å². The van der Waals surface area contributed by atoms with Gasteiger partial charge >= 0.3 is 0 Å². The Hall–Kier alpha value is -3.72. The van der Waals surface area contributed by atoms with Crippen LogP contribution in [0.1, 0.15) is 49.4 Å². The maximum atomic E-state index is 14.1. The van der Waals surface area contributed by atoms with Crippen LogP contribution in [0.15, 0.2) is 71.6 Å². The number of aryl methyl sites for hydroxylation is 3. The zero-order valence-corrected chi connectivity index (χ0v) is 24.8. The SMILES string of the molecule is CC[C@@H](C(=O)NC(C)C)N(Cc1ccc(F)cc1)C(=O)CN(c1ccc(C)cc1C)S(=O)(=O)c1ccc(C)cc1. The smallest absolute Gasteiger partial charge is 0.264 e. The lowest BCUT2D eigenvalue weighted by atomic mass is 10.1. The van der Waals surface area contributed by atoms with E-state index in [1.807, 2.05) is 33.8 Å². The molecule has 40 heavy (non-hydrogen) atoms. The number of rotatable bonds is 11. The number of sulfonamides is 1. The summed E-state index contributed by atoms with van der Waals surface area (Å²) in [5, 5.41) is 2.86. The van der Waals surface area contributed by atoms with Gasteiger partial charge in [-0.05, 0) is 82.5 Å². The van der Waals surface area contributed by atoms with Crippen LogP contribution in [0.5, 0.6) is 0 Å². The van der Waals surface area contributed by atoms with Crippen LogP contribution in [0.3, 0.4) is 0 Å². The van der Waals surface area contributed by atoms with Crippen molar-refractivity contribution in [1.29, 1.82) is 0 Å². The highest BCUT2D eigenvalue weighted by Gasteiger charge is 2.34. The average molecular weight is 568 g/mol. The maximum absolute atomic E-state index is 14.1. The van der Waals surface area contributed by atoms with E-state index in [0.29, 0.717) is 23.2 Å². The molecule has 9 heteroatoms. The van der Waals surface area contributed by atoms with E-state index in [9.17, 15) is 22.4 Å². The Morgan fingerprint density at radius 1 is 0.900 bits per heavy atom. The molecule has 0 bridgehead atoms. The minimum Gasteiger partial charge on any atom is -0.352 e. The van der Waals surface area contributed by atoms with Gasteiger partial charge in [0.15, 0.2) is 0 Å². The highest BCUT2D eigenvalue weighted by atomic mass is 32.2. The first kappa shape index (κ1) is 30.8. The van der Waals surface area contributed by atoms with Crippen LogP contribution in [0.25, 0.3) is 0 Å². The first-order valence-corrected chi connectivity index (χ1v) is 14.8. The number of carbonyl (C=O) groups is 2. The average Bonchev–Trinajstić information content (AvgIpc) is 2.88. The molecule has 0 saturated carbocycles. The van der Waals surface area contributed by atoms with Gasteiger partial charge in [-0.3, -0.25) is 13.9 Å². The third-order valence-electron chi connectivity index (χ3n) is 6.59. The van der Waals surface area contributed by atoms with Crippen LogP contribution < -0.4 is 9.62 Å². The Labute approximate surface area is 237 Å². The second-order valence-electron chi connectivity index (χ2n) is 10.4. The van der Waals surface area contributed by atoms with Crippen molar-refractivity contribution in [3.05, 3.63) is 94.8 Å². The van der Waals surface area contributed by atoms with Gasteiger partial charge in [0.2, 0.25) is 11.8 Å². The fourth-order valence-corrected chi connectivity index (χ4v) is 6.00. The summed E-state index contributed by atoms with van der Waals surface area (Å²) in [7, 11) is -4.15. The van der Waals surface area contributed by atoms with E-state index in [1.54, 1.807) is 50.2 Å². The standard InChI is InChI=1S/C31H38FN3O4S/c1-7-28(31(37)33-21(2)3)34(19-25-11-13-26(32)14-12-25)30(36)20-35(29-17-10-23(5)18-24(29)6)40(38,39)27-15-8-22(4)9-16-27/h8-18,21,28H,7,19-20H2,1-6H3,(H,33,37)/t28-/m0/s1. The van der Waals surface area contributed by atoms with Gasteiger partial charge in [-0.15, -0.1) is 0 Å². The molecule has 3 aromatic carbocycles. The molecule has 0 aromatic heterocycles. The topological polar surface area (TPSA) is 86.8 Å². The van der Waals surface area contributed by atoms with Crippen LogP contribution in [0, 0.1) is 26.6 Å². The Balaban J connectivity index is 2.09. The van der Waals surface area contributed by atoms with E-state index in [-0.39, 0.29) is 23.4 Å². The molecule has 2 amide bonds. The molecule has 1 N–H and O–H groups in total. The van der Waals surface area contributed by atoms with Crippen molar-refractivity contribution >= 4 is 27.5 Å². The normalized spacial score (nSPS) is 12.2. The van der Waals surface area contributed by atoms with Gasteiger partial charge in [0.1, 0.15) is 18.4 Å². The molecule has 0 heterocycles. The molecular formula is C31H38FN3O4S. The van der Waals surface area contributed by atoms with Gasteiger partial charge in [0.05, 0.1) is 10.6 Å². The highest BCUT2D eigenvalue weighted by Crippen LogP contribution is 2.28. The van der Waals surface area contributed by atoms with E-state index >= 15 is 0 Å². The van der Waals surface area contributed by atoms with Crippen LogP contribution in [0.2, 0.25) is 0 Å². The molecular weight excluding hydrogens is 529 g/mol. The number of nitrogens with one attached hydrogen (secondary N) is 1. The van der Waals surface area contributed by atoms with Crippen molar-refractivity contribution < 1.29 is 22.4 Å². The molecule has 214 valence electrons. The van der Waals surface area contributed by atoms with Crippen molar-refractivity contribution in [2.45, 2.75) is 71.5 Å². The molecule has 0 spiro atoms. The first-order chi connectivity index (χ1) is 18.8. The van der Waals surface area contributed by atoms with Crippen molar-refractivity contribution in [2.75, 3.05) is 10.8 Å². The lowest BCUT2D eigenvalue weighted by Gasteiger charge is -2.34. The number of hydrogen-bond donors (Lipinski definition) is 1. The fraction of sp³-hybridized carbons (Fsp3) is 0.355. The minimum atomic E-state index is -4.15. The van der Waals surface area contributed by atoms with E-state index in [0.717, 1.165) is 15.4 Å². The molecule has 0 aliphatic rings.